The number of allylic oxidation sites excluding steroid dienone is 1. The van der Waals surface area contributed by atoms with E-state index in [-0.39, 0.29) is 0 Å². The average Bonchev–Trinajstić information content (AvgIpc) is 2.94. The van der Waals surface area contributed by atoms with Gasteiger partial charge in [-0.15, -0.1) is 11.7 Å². The lowest BCUT2D eigenvalue weighted by molar-refractivity contribution is 0.290. The number of halogens is 1. The van der Waals surface area contributed by atoms with Gasteiger partial charge in [-0.25, -0.2) is 11.0 Å². The van der Waals surface area contributed by atoms with Crippen molar-refractivity contribution in [2.45, 2.75) is 41.2 Å². The van der Waals surface area contributed by atoms with Gasteiger partial charge >= 0.3 is 0 Å². The Morgan fingerprint density at radius 3 is 2.37 bits per heavy atom. The van der Waals surface area contributed by atoms with E-state index in [1.807, 2.05) is 119 Å². The number of hydrazone groups is 1. The highest BCUT2D eigenvalue weighted by Gasteiger charge is 2.04. The molecule has 0 aliphatic rings. The van der Waals surface area contributed by atoms with Gasteiger partial charge < -0.3 is 15.2 Å². The van der Waals surface area contributed by atoms with E-state index in [0.29, 0.717) is 17.4 Å². The van der Waals surface area contributed by atoms with Crippen LogP contribution in [0.2, 0.25) is 5.02 Å². The second-order valence-electron chi connectivity index (χ2n) is 7.00. The molecule has 206 valence electrons. The zero-order valence-electron chi connectivity index (χ0n) is 23.3. The minimum Gasteiger partial charge on any atom is -0.497 e. The van der Waals surface area contributed by atoms with Crippen LogP contribution in [0.4, 0.5) is 5.69 Å². The number of nitrogens with zero attached hydrogens (tertiary/aromatic N) is 2. The lowest BCUT2D eigenvalue weighted by Gasteiger charge is -2.14. The van der Waals surface area contributed by atoms with Crippen molar-refractivity contribution >= 4 is 41.1 Å². The Balaban J connectivity index is 0.00000179. The molecule has 3 aromatic rings. The lowest BCUT2D eigenvalue weighted by atomic mass is 10.2. The number of hydrogen-bond acceptors (Lipinski definition) is 6. The zero-order valence-corrected chi connectivity index (χ0v) is 24.9. The van der Waals surface area contributed by atoms with Gasteiger partial charge in [-0.3, -0.25) is 0 Å². The molecule has 0 aromatic heterocycles. The monoisotopic (exact) mass is 555 g/mol. The molecule has 0 radical (unpaired) electrons. The molecule has 3 rings (SSSR count). The Kier molecular flexibility index (Phi) is 19.7. The number of rotatable bonds is 9. The van der Waals surface area contributed by atoms with Crippen LogP contribution in [0.1, 0.15) is 51.3 Å². The maximum atomic E-state index is 6.15. The van der Waals surface area contributed by atoms with Gasteiger partial charge in [-0.1, -0.05) is 81.8 Å². The molecule has 38 heavy (non-hydrogen) atoms. The van der Waals surface area contributed by atoms with Gasteiger partial charge in [0.05, 0.1) is 13.7 Å². The van der Waals surface area contributed by atoms with E-state index in [2.05, 4.69) is 16.4 Å². The average molecular weight is 556 g/mol. The number of hydrogen-bond donors (Lipinski definition) is 3. The van der Waals surface area contributed by atoms with Crippen LogP contribution < -0.4 is 21.0 Å². The van der Waals surface area contributed by atoms with E-state index >= 15 is 0 Å². The third kappa shape index (κ3) is 14.4. The van der Waals surface area contributed by atoms with Crippen molar-refractivity contribution in [3.05, 3.63) is 113 Å². The molecule has 3 aromatic carbocycles. The normalized spacial score (nSPS) is 10.1. The highest BCUT2D eigenvalue weighted by atomic mass is 35.5. The minimum absolute atomic E-state index is 0.324. The third-order valence-electron chi connectivity index (χ3n) is 4.23. The van der Waals surface area contributed by atoms with Crippen LogP contribution in [0.15, 0.2) is 96.0 Å². The molecule has 0 saturated heterocycles. The Morgan fingerprint density at radius 1 is 1.05 bits per heavy atom. The van der Waals surface area contributed by atoms with Crippen molar-refractivity contribution in [2.75, 3.05) is 11.8 Å². The molecule has 0 heterocycles. The minimum atomic E-state index is 0.324. The van der Waals surface area contributed by atoms with Crippen LogP contribution in [0, 0.1) is 0 Å². The van der Waals surface area contributed by atoms with Crippen molar-refractivity contribution in [1.29, 1.82) is 0 Å². The van der Waals surface area contributed by atoms with Gasteiger partial charge in [-0.2, -0.15) is 0 Å². The summed E-state index contributed by atoms with van der Waals surface area (Å²) < 4.78 is 8.50. The van der Waals surface area contributed by atoms with E-state index in [1.54, 1.807) is 13.2 Å². The molecule has 6 nitrogen and oxygen atoms in total. The molecular weight excluding hydrogens is 514 g/mol. The van der Waals surface area contributed by atoms with Crippen LogP contribution in [0.5, 0.6) is 5.75 Å². The van der Waals surface area contributed by atoms with Crippen molar-refractivity contribution in [3.63, 3.8) is 0 Å². The predicted molar refractivity (Wildman–Crippen MR) is 170 cm³/mol. The molecule has 0 unspecified atom stereocenters. The summed E-state index contributed by atoms with van der Waals surface area (Å²) in [7, 11) is 1.66. The molecule has 0 amide bonds. The lowest BCUT2D eigenvalue weighted by Crippen LogP contribution is -2.29. The van der Waals surface area contributed by atoms with Crippen molar-refractivity contribution in [2.24, 2.45) is 16.7 Å². The van der Waals surface area contributed by atoms with E-state index in [4.69, 9.17) is 27.9 Å². The molecule has 0 aliphatic heterocycles. The zero-order chi connectivity index (χ0) is 28.8. The summed E-state index contributed by atoms with van der Waals surface area (Å²) in [5.41, 5.74) is 9.82. The fraction of sp³-hybridized carbons (Fsp3) is 0.233. The van der Waals surface area contributed by atoms with Crippen LogP contribution in [0.25, 0.3) is 6.08 Å². The summed E-state index contributed by atoms with van der Waals surface area (Å²) in [6.07, 6.45) is 3.75. The van der Waals surface area contributed by atoms with E-state index in [0.717, 1.165) is 28.1 Å². The molecule has 0 saturated carbocycles. The highest BCUT2D eigenvalue weighted by Crippen LogP contribution is 2.19. The predicted octanol–water partition coefficient (Wildman–Crippen LogP) is 8.32. The summed E-state index contributed by atoms with van der Waals surface area (Å²) in [6, 6.07) is 23.0. The van der Waals surface area contributed by atoms with Crippen LogP contribution in [-0.4, -0.2) is 18.1 Å². The number of amidine groups is 1. The van der Waals surface area contributed by atoms with Crippen molar-refractivity contribution in [1.82, 2.24) is 5.12 Å². The number of anilines is 1. The molecule has 0 spiro atoms. The molecule has 0 fully saturated rings. The smallest absolute Gasteiger partial charge is 0.152 e. The van der Waals surface area contributed by atoms with Crippen LogP contribution in [0.3, 0.4) is 0 Å². The summed E-state index contributed by atoms with van der Waals surface area (Å²) in [4.78, 5) is 0. The third-order valence-corrected chi connectivity index (χ3v) is 5.09. The molecule has 8 heteroatoms. The van der Waals surface area contributed by atoms with Gasteiger partial charge in [0, 0.05) is 16.3 Å². The summed E-state index contributed by atoms with van der Waals surface area (Å²) in [6.45, 7) is 13.6. The Hall–Kier alpha value is -3.39. The standard InChI is InChI=1S/C23H24ClN5OS.C3H6.2C2H6/c1-30-22-10-3-5-17(14-22)11-12-31-28-21-9-4-7-19(15-21)23(25)27-29(26)16-18-6-2-8-20(24)13-18;1-3-2;2*1-2/h2-15,28H,16,26H2,1H3,(H2,25,27);3H,1H2,2H3;2*1-2H3/b12-11+;;;. The van der Waals surface area contributed by atoms with Gasteiger partial charge in [0.2, 0.25) is 0 Å². The van der Waals surface area contributed by atoms with E-state index < -0.39 is 0 Å². The van der Waals surface area contributed by atoms with Gasteiger partial charge in [0.25, 0.3) is 0 Å². The highest BCUT2D eigenvalue weighted by molar-refractivity contribution is 8.03. The second-order valence-corrected chi connectivity index (χ2v) is 8.15. The summed E-state index contributed by atoms with van der Waals surface area (Å²) in [5.74, 6) is 7.14. The van der Waals surface area contributed by atoms with Gasteiger partial charge in [-0.05, 0) is 77.9 Å². The first-order valence-corrected chi connectivity index (χ1v) is 13.7. The maximum absolute atomic E-state index is 6.15. The van der Waals surface area contributed by atoms with Gasteiger partial charge in [0.1, 0.15) is 5.75 Å². The number of nitrogens with two attached hydrogens (primary N) is 2. The fourth-order valence-corrected chi connectivity index (χ4v) is 3.52. The number of ether oxygens (including phenoxy) is 1. The van der Waals surface area contributed by atoms with Gasteiger partial charge in [0.15, 0.2) is 5.84 Å². The van der Waals surface area contributed by atoms with E-state index in [1.165, 1.54) is 17.1 Å². The van der Waals surface area contributed by atoms with Crippen molar-refractivity contribution < 1.29 is 4.74 Å². The first-order chi connectivity index (χ1) is 18.4. The number of methoxy groups -OCH3 is 1. The first kappa shape index (κ1) is 34.6. The number of nitrogens with one attached hydrogen (secondary N) is 1. The number of benzene rings is 3. The van der Waals surface area contributed by atoms with Crippen LogP contribution in [-0.2, 0) is 6.54 Å². The molecule has 0 aliphatic carbocycles. The summed E-state index contributed by atoms with van der Waals surface area (Å²) >= 11 is 7.46. The fourth-order valence-electron chi connectivity index (χ4n) is 2.76. The summed E-state index contributed by atoms with van der Waals surface area (Å²) in [5, 5.41) is 8.18. The number of hydrazine groups is 1. The topological polar surface area (TPSA) is 88.9 Å². The maximum Gasteiger partial charge on any atom is 0.152 e. The largest absolute Gasteiger partial charge is 0.497 e. The first-order valence-electron chi connectivity index (χ1n) is 12.5. The molecular formula is C30H42ClN5OS. The van der Waals surface area contributed by atoms with Crippen molar-refractivity contribution in [3.8, 4) is 5.75 Å². The second kappa shape index (κ2) is 21.7. The quantitative estimate of drug-likeness (QED) is 0.0614. The van der Waals surface area contributed by atoms with Crippen LogP contribution >= 0.6 is 23.5 Å². The van der Waals surface area contributed by atoms with E-state index in [9.17, 15) is 0 Å². The Morgan fingerprint density at radius 2 is 1.71 bits per heavy atom. The molecule has 0 atom stereocenters. The molecule has 0 bridgehead atoms. The SMILES string of the molecule is C=CC.CC.CC.COc1cccc(/C=C/SNc2cccc(/C(N)=N/N(N)Cc3cccc(Cl)c3)c2)c1. The Bertz CT molecular complexity index is 1120. The molecule has 5 N–H and O–H groups in total. The Labute approximate surface area is 238 Å².